The maximum Gasteiger partial charge on any atom is 0.358 e. The second kappa shape index (κ2) is 12.0. The van der Waals surface area contributed by atoms with E-state index in [1.807, 2.05) is 0 Å². The lowest BCUT2D eigenvalue weighted by Crippen LogP contribution is -2.71. The SMILES string of the molecule is CC(C)(C)C(=O)OCOC(=O)C1=C(C=Cc2scnc2Cl)CS[C@@H]2C(NC(=O)C(=NO)c3csc(N)n3)C(=O)N12. The first kappa shape index (κ1) is 29.5. The van der Waals surface area contributed by atoms with Crippen LogP contribution in [-0.4, -0.2) is 73.5 Å². The second-order valence-corrected chi connectivity index (χ2v) is 12.6. The first-order valence-electron chi connectivity index (χ1n) is 11.5. The van der Waals surface area contributed by atoms with Gasteiger partial charge in [-0.2, -0.15) is 0 Å². The minimum Gasteiger partial charge on any atom is -0.427 e. The van der Waals surface area contributed by atoms with Gasteiger partial charge in [-0.25, -0.2) is 14.8 Å². The standard InChI is InChI=1S/C23H23ClN6O7S3/c1-23(2,3)21(34)37-9-36-20(33)15-10(4-5-12-16(24)26-8-40-12)6-38-19-14(18(32)30(15)19)28-17(31)13(29-35)11-7-39-22(25)27-11/h4-5,7-8,14,19,35H,6,9H2,1-3H3,(H2,25,27)(H,28,31)/t14?,19-/m1/s1. The van der Waals surface area contributed by atoms with Crippen LogP contribution in [0.15, 0.2) is 33.4 Å². The van der Waals surface area contributed by atoms with Gasteiger partial charge in [0.15, 0.2) is 10.8 Å². The van der Waals surface area contributed by atoms with Crippen LogP contribution in [-0.2, 0) is 28.7 Å². The molecule has 4 heterocycles. The lowest BCUT2D eigenvalue weighted by atomic mass is 9.98. The number of halogens is 1. The molecule has 1 fully saturated rings. The summed E-state index contributed by atoms with van der Waals surface area (Å²) in [5.41, 5.74) is 6.37. The number of allylic oxidation sites excluding steroid dienone is 1. The Labute approximate surface area is 245 Å². The molecule has 0 bridgehead atoms. The topological polar surface area (TPSA) is 186 Å². The summed E-state index contributed by atoms with van der Waals surface area (Å²) in [4.78, 5) is 61.0. The number of thioether (sulfide) groups is 1. The monoisotopic (exact) mass is 626 g/mol. The number of nitrogens with zero attached hydrogens (tertiary/aromatic N) is 4. The van der Waals surface area contributed by atoms with Crippen molar-refractivity contribution >= 4 is 86.7 Å². The van der Waals surface area contributed by atoms with Crippen molar-refractivity contribution in [3.8, 4) is 0 Å². The Morgan fingerprint density at radius 1 is 1.30 bits per heavy atom. The van der Waals surface area contributed by atoms with Crippen LogP contribution in [0, 0.1) is 5.41 Å². The molecule has 1 unspecified atom stereocenters. The number of thiazole rings is 2. The van der Waals surface area contributed by atoms with Crippen LogP contribution in [0.1, 0.15) is 31.3 Å². The van der Waals surface area contributed by atoms with Gasteiger partial charge in [-0.3, -0.25) is 19.3 Å². The van der Waals surface area contributed by atoms with Crippen molar-refractivity contribution in [3.05, 3.63) is 44.0 Å². The highest BCUT2D eigenvalue weighted by atomic mass is 35.5. The van der Waals surface area contributed by atoms with E-state index in [1.165, 1.54) is 33.4 Å². The number of carbonyl (C=O) groups is 4. The smallest absolute Gasteiger partial charge is 0.358 e. The number of hydrogen-bond donors (Lipinski definition) is 3. The number of amides is 2. The van der Waals surface area contributed by atoms with Gasteiger partial charge < -0.3 is 25.7 Å². The zero-order chi connectivity index (χ0) is 29.2. The van der Waals surface area contributed by atoms with E-state index >= 15 is 0 Å². The van der Waals surface area contributed by atoms with Crippen LogP contribution in [0.25, 0.3) is 6.08 Å². The Morgan fingerprint density at radius 2 is 2.05 bits per heavy atom. The molecule has 17 heteroatoms. The number of carbonyl (C=O) groups excluding carboxylic acids is 4. The minimum atomic E-state index is -1.03. The number of nitrogen functional groups attached to an aromatic ring is 1. The molecule has 0 radical (unpaired) electrons. The molecule has 2 aromatic rings. The largest absolute Gasteiger partial charge is 0.427 e. The molecule has 0 spiro atoms. The minimum absolute atomic E-state index is 0.0468. The van der Waals surface area contributed by atoms with E-state index in [0.717, 1.165) is 11.3 Å². The van der Waals surface area contributed by atoms with E-state index in [1.54, 1.807) is 38.4 Å². The molecule has 2 aromatic heterocycles. The molecule has 1 saturated heterocycles. The summed E-state index contributed by atoms with van der Waals surface area (Å²) in [7, 11) is 0. The predicted molar refractivity (Wildman–Crippen MR) is 150 cm³/mol. The van der Waals surface area contributed by atoms with E-state index in [4.69, 9.17) is 26.8 Å². The molecule has 2 aliphatic heterocycles. The highest BCUT2D eigenvalue weighted by Gasteiger charge is 2.54. The number of aromatic nitrogens is 2. The number of hydrogen-bond acceptors (Lipinski definition) is 14. The van der Waals surface area contributed by atoms with Crippen LogP contribution in [0.3, 0.4) is 0 Å². The van der Waals surface area contributed by atoms with Gasteiger partial charge in [0.05, 0.1) is 15.8 Å². The number of oxime groups is 1. The zero-order valence-electron chi connectivity index (χ0n) is 21.2. The molecule has 40 heavy (non-hydrogen) atoms. The summed E-state index contributed by atoms with van der Waals surface area (Å²) in [5, 5.41) is 16.1. The molecular weight excluding hydrogens is 604 g/mol. The Kier molecular flexibility index (Phi) is 8.82. The number of nitrogens with one attached hydrogen (secondary N) is 1. The van der Waals surface area contributed by atoms with Crippen molar-refractivity contribution in [2.24, 2.45) is 10.6 Å². The third kappa shape index (κ3) is 6.14. The predicted octanol–water partition coefficient (Wildman–Crippen LogP) is 2.47. The molecule has 2 amide bonds. The molecule has 0 aromatic carbocycles. The molecule has 0 saturated carbocycles. The van der Waals surface area contributed by atoms with E-state index in [9.17, 15) is 24.4 Å². The van der Waals surface area contributed by atoms with Crippen LogP contribution in [0.4, 0.5) is 5.13 Å². The molecular formula is C23H23ClN6O7S3. The summed E-state index contributed by atoms with van der Waals surface area (Å²) in [5.74, 6) is -2.64. The van der Waals surface area contributed by atoms with Crippen molar-refractivity contribution in [1.29, 1.82) is 0 Å². The van der Waals surface area contributed by atoms with Crippen molar-refractivity contribution < 1.29 is 33.9 Å². The number of ether oxygens (including phenoxy) is 2. The lowest BCUT2D eigenvalue weighted by Gasteiger charge is -2.49. The highest BCUT2D eigenvalue weighted by molar-refractivity contribution is 8.00. The van der Waals surface area contributed by atoms with Crippen molar-refractivity contribution in [3.63, 3.8) is 0 Å². The Morgan fingerprint density at radius 3 is 2.65 bits per heavy atom. The Balaban J connectivity index is 1.54. The van der Waals surface area contributed by atoms with Gasteiger partial charge in [-0.05, 0) is 32.4 Å². The third-order valence-corrected chi connectivity index (χ3v) is 8.72. The highest BCUT2D eigenvalue weighted by Crippen LogP contribution is 2.41. The normalized spacial score (nSPS) is 19.4. The van der Waals surface area contributed by atoms with E-state index in [2.05, 4.69) is 20.4 Å². The third-order valence-electron chi connectivity index (χ3n) is 5.53. The first-order valence-corrected chi connectivity index (χ1v) is 14.6. The van der Waals surface area contributed by atoms with Crippen LogP contribution >= 0.6 is 46.0 Å². The fourth-order valence-corrected chi connectivity index (χ4v) is 6.26. The van der Waals surface area contributed by atoms with Crippen LogP contribution < -0.4 is 11.1 Å². The Bertz CT molecular complexity index is 1440. The fraction of sp³-hybridized carbons (Fsp3) is 0.348. The molecule has 13 nitrogen and oxygen atoms in total. The van der Waals surface area contributed by atoms with Gasteiger partial charge in [0.25, 0.3) is 11.8 Å². The van der Waals surface area contributed by atoms with Gasteiger partial charge in [-0.1, -0.05) is 22.8 Å². The number of fused-ring (bicyclic) bond motifs is 1. The van der Waals surface area contributed by atoms with Crippen molar-refractivity contribution in [2.75, 3.05) is 18.3 Å². The molecule has 2 atom stereocenters. The average molecular weight is 627 g/mol. The number of esters is 2. The van der Waals surface area contributed by atoms with Gasteiger partial charge in [-0.15, -0.1) is 34.4 Å². The van der Waals surface area contributed by atoms with Gasteiger partial charge in [0.2, 0.25) is 6.79 Å². The molecule has 0 aliphatic carbocycles. The summed E-state index contributed by atoms with van der Waals surface area (Å²) >= 11 is 9.71. The fourth-order valence-electron chi connectivity index (χ4n) is 3.53. The van der Waals surface area contributed by atoms with E-state index < -0.39 is 53.1 Å². The van der Waals surface area contributed by atoms with Crippen molar-refractivity contribution in [1.82, 2.24) is 20.2 Å². The molecule has 4 N–H and O–H groups in total. The maximum absolute atomic E-state index is 13.2. The molecule has 212 valence electrons. The number of anilines is 1. The summed E-state index contributed by atoms with van der Waals surface area (Å²) in [6, 6.07) is -1.03. The Hall–Kier alpha value is -3.47. The summed E-state index contributed by atoms with van der Waals surface area (Å²) in [6.07, 6.45) is 3.29. The summed E-state index contributed by atoms with van der Waals surface area (Å²) in [6.45, 7) is 4.31. The van der Waals surface area contributed by atoms with Crippen molar-refractivity contribution in [2.45, 2.75) is 32.2 Å². The van der Waals surface area contributed by atoms with Crippen LogP contribution in [0.2, 0.25) is 5.15 Å². The molecule has 4 rings (SSSR count). The number of β-lactam (4-membered cyclic amide) rings is 1. The number of rotatable bonds is 8. The van der Waals surface area contributed by atoms with E-state index in [-0.39, 0.29) is 27.4 Å². The number of nitrogens with two attached hydrogens (primary N) is 1. The first-order chi connectivity index (χ1) is 18.9. The lowest BCUT2D eigenvalue weighted by molar-refractivity contribution is -0.173. The van der Waals surface area contributed by atoms with E-state index in [0.29, 0.717) is 10.5 Å². The average Bonchev–Trinajstić information content (AvgIpc) is 3.52. The van der Waals surface area contributed by atoms with Gasteiger partial charge in [0.1, 0.15) is 28.0 Å². The van der Waals surface area contributed by atoms with Gasteiger partial charge in [0, 0.05) is 11.1 Å². The summed E-state index contributed by atoms with van der Waals surface area (Å²) < 4.78 is 10.2. The zero-order valence-corrected chi connectivity index (χ0v) is 24.4. The van der Waals surface area contributed by atoms with Crippen LogP contribution in [0.5, 0.6) is 0 Å². The maximum atomic E-state index is 13.2. The van der Waals surface area contributed by atoms with Gasteiger partial charge >= 0.3 is 11.9 Å². The quantitative estimate of drug-likeness (QED) is 0.0975. The molecule has 2 aliphatic rings. The second-order valence-electron chi connectivity index (χ2n) is 9.33.